The van der Waals surface area contributed by atoms with Crippen molar-refractivity contribution in [1.82, 2.24) is 0 Å². The molecule has 41 heavy (non-hydrogen) atoms. The molecule has 0 spiro atoms. The first kappa shape index (κ1) is 35.7. The summed E-state index contributed by atoms with van der Waals surface area (Å²) in [4.78, 5) is 0. The zero-order valence-electron chi connectivity index (χ0n) is 19.4. The highest BCUT2D eigenvalue weighted by Gasteiger charge is 2.89. The summed E-state index contributed by atoms with van der Waals surface area (Å²) in [5.74, 6) is 0. The van der Waals surface area contributed by atoms with E-state index in [0.717, 1.165) is 0 Å². The van der Waals surface area contributed by atoms with Gasteiger partial charge in [-0.15, -0.1) is 0 Å². The van der Waals surface area contributed by atoms with E-state index in [-0.39, 0.29) is 0 Å². The van der Waals surface area contributed by atoms with Gasteiger partial charge in [0.05, 0.1) is 39.6 Å². The number of alkyl halides is 18. The predicted molar refractivity (Wildman–Crippen MR) is 91.0 cm³/mol. The van der Waals surface area contributed by atoms with Crippen molar-refractivity contribution in [3.63, 3.8) is 0 Å². The fraction of sp³-hybridized carbons (Fsp3) is 1.00. The summed E-state index contributed by atoms with van der Waals surface area (Å²) in [5, 5.41) is 0. The lowest BCUT2D eigenvalue weighted by Gasteiger charge is -2.55. The molecule has 2 saturated heterocycles. The molecule has 0 amide bonds. The van der Waals surface area contributed by atoms with E-state index < -0.39 is 112 Å². The Hall–Kier alpha value is -1.46. The van der Waals surface area contributed by atoms with Gasteiger partial charge in [-0.3, -0.25) is 0 Å². The van der Waals surface area contributed by atoms with E-state index in [0.29, 0.717) is 0 Å². The number of ether oxygens (including phenoxy) is 5. The second-order valence-electron chi connectivity index (χ2n) is 8.58. The second kappa shape index (κ2) is 11.2. The van der Waals surface area contributed by atoms with Crippen molar-refractivity contribution in [3.8, 4) is 0 Å². The minimum Gasteiger partial charge on any atom is -0.377 e. The second-order valence-corrected chi connectivity index (χ2v) is 8.58. The van der Waals surface area contributed by atoms with E-state index >= 15 is 0 Å². The van der Waals surface area contributed by atoms with Crippen LogP contribution in [-0.4, -0.2) is 101 Å². The molecule has 0 bridgehead atoms. The van der Waals surface area contributed by atoms with Gasteiger partial charge in [-0.05, 0) is 0 Å². The van der Waals surface area contributed by atoms with Crippen LogP contribution in [-0.2, 0) is 23.7 Å². The molecule has 0 aromatic heterocycles. The molecule has 2 heterocycles. The largest absolute Gasteiger partial charge is 0.416 e. The highest BCUT2D eigenvalue weighted by Crippen LogP contribution is 2.66. The maximum Gasteiger partial charge on any atom is 0.416 e. The molecule has 5 nitrogen and oxygen atoms in total. The first-order chi connectivity index (χ1) is 18.2. The standard InChI is InChI=1S/C18H16F18O5/c19-13(20,21)9-11(15(25,26)27,16(28,29)30)7(40-9)5-38-3-1-37-2-4-39-6-8-12(17(31,32)33,18(34,35)36)10(41-8)14(22,23)24/h7-10H,1-6H2. The van der Waals surface area contributed by atoms with Crippen LogP contribution in [0, 0.1) is 10.8 Å². The lowest BCUT2D eigenvalue weighted by Crippen LogP contribution is -2.77. The third-order valence-electron chi connectivity index (χ3n) is 6.20. The summed E-state index contributed by atoms with van der Waals surface area (Å²) in [7, 11) is 0. The Morgan fingerprint density at radius 1 is 0.415 bits per heavy atom. The molecule has 0 aromatic rings. The summed E-state index contributed by atoms with van der Waals surface area (Å²) < 4.78 is 256. The first-order valence-electron chi connectivity index (χ1n) is 10.6. The van der Waals surface area contributed by atoms with Crippen LogP contribution in [0.3, 0.4) is 0 Å². The van der Waals surface area contributed by atoms with Crippen LogP contribution in [0.2, 0.25) is 0 Å². The van der Waals surface area contributed by atoms with Gasteiger partial charge in [0.15, 0.2) is 12.2 Å². The van der Waals surface area contributed by atoms with Crippen LogP contribution in [0.25, 0.3) is 0 Å². The van der Waals surface area contributed by atoms with Gasteiger partial charge in [-0.25, -0.2) is 0 Å². The zero-order chi connectivity index (χ0) is 32.1. The Labute approximate surface area is 215 Å². The number of rotatable bonds is 10. The predicted octanol–water partition coefficient (Wildman–Crippen LogP) is 5.92. The van der Waals surface area contributed by atoms with E-state index in [1.807, 2.05) is 0 Å². The maximum absolute atomic E-state index is 13.2. The Kier molecular flexibility index (Phi) is 9.79. The van der Waals surface area contributed by atoms with Crippen LogP contribution < -0.4 is 0 Å². The molecule has 0 N–H and O–H groups in total. The Morgan fingerprint density at radius 2 is 0.659 bits per heavy atom. The quantitative estimate of drug-likeness (QED) is 0.217. The third-order valence-corrected chi connectivity index (χ3v) is 6.20. The average molecular weight is 654 g/mol. The number of hydrogen-bond donors (Lipinski definition) is 0. The topological polar surface area (TPSA) is 46.2 Å². The normalized spacial score (nSPS) is 27.4. The average Bonchev–Trinajstić information content (AvgIpc) is 2.63. The third kappa shape index (κ3) is 6.28. The van der Waals surface area contributed by atoms with Crippen molar-refractivity contribution < 1.29 is 103 Å². The molecule has 0 radical (unpaired) electrons. The molecule has 0 saturated carbocycles. The van der Waals surface area contributed by atoms with Gasteiger partial charge in [-0.2, -0.15) is 79.0 Å². The molecule has 23 heteroatoms. The maximum atomic E-state index is 13.2. The molecule has 0 aromatic carbocycles. The van der Waals surface area contributed by atoms with Crippen molar-refractivity contribution >= 4 is 0 Å². The summed E-state index contributed by atoms with van der Waals surface area (Å²) >= 11 is 0. The fourth-order valence-corrected chi connectivity index (χ4v) is 4.33. The fourth-order valence-electron chi connectivity index (χ4n) is 4.33. The Bertz CT molecular complexity index is 772. The molecular weight excluding hydrogens is 638 g/mol. The van der Waals surface area contributed by atoms with Crippen LogP contribution in [0.15, 0.2) is 0 Å². The van der Waals surface area contributed by atoms with Crippen LogP contribution in [0.4, 0.5) is 79.0 Å². The highest BCUT2D eigenvalue weighted by atomic mass is 19.4. The van der Waals surface area contributed by atoms with E-state index in [2.05, 4.69) is 23.7 Å². The van der Waals surface area contributed by atoms with E-state index in [4.69, 9.17) is 0 Å². The minimum atomic E-state index is -6.47. The molecule has 0 aliphatic carbocycles. The van der Waals surface area contributed by atoms with Gasteiger partial charge in [0.25, 0.3) is 0 Å². The van der Waals surface area contributed by atoms with Crippen molar-refractivity contribution in [3.05, 3.63) is 0 Å². The lowest BCUT2D eigenvalue weighted by atomic mass is 9.69. The van der Waals surface area contributed by atoms with Gasteiger partial charge in [0.2, 0.25) is 10.8 Å². The number of hydrogen-bond acceptors (Lipinski definition) is 5. The van der Waals surface area contributed by atoms with Crippen molar-refractivity contribution in [2.75, 3.05) is 39.6 Å². The zero-order valence-corrected chi connectivity index (χ0v) is 19.4. The highest BCUT2D eigenvalue weighted by molar-refractivity contribution is 5.14. The van der Waals surface area contributed by atoms with E-state index in [1.165, 1.54) is 0 Å². The monoisotopic (exact) mass is 654 g/mol. The molecule has 2 fully saturated rings. The summed E-state index contributed by atoms with van der Waals surface area (Å²) in [5.41, 5.74) is -10.7. The van der Waals surface area contributed by atoms with Crippen molar-refractivity contribution in [2.45, 2.75) is 61.5 Å². The van der Waals surface area contributed by atoms with Gasteiger partial charge >= 0.3 is 37.1 Å². The van der Waals surface area contributed by atoms with Crippen molar-refractivity contribution in [2.24, 2.45) is 10.8 Å². The molecular formula is C18H16F18O5. The SMILES string of the molecule is FC(F)(F)C1OC(COCCOCCOCC2OC(C(F)(F)F)C2(C(F)(F)F)C(F)(F)F)C1(C(F)(F)F)C(F)(F)F. The summed E-state index contributed by atoms with van der Waals surface area (Å²) in [6, 6.07) is 0. The van der Waals surface area contributed by atoms with Gasteiger partial charge < -0.3 is 23.7 Å². The smallest absolute Gasteiger partial charge is 0.377 e. The molecule has 2 aliphatic rings. The Morgan fingerprint density at radius 3 is 0.878 bits per heavy atom. The van der Waals surface area contributed by atoms with Gasteiger partial charge in [0.1, 0.15) is 12.2 Å². The van der Waals surface area contributed by atoms with Gasteiger partial charge in [-0.1, -0.05) is 0 Å². The molecule has 2 rings (SSSR count). The van der Waals surface area contributed by atoms with Crippen LogP contribution in [0.1, 0.15) is 0 Å². The summed E-state index contributed by atoms with van der Waals surface area (Å²) in [6.07, 6.45) is -52.8. The Balaban J connectivity index is 1.84. The van der Waals surface area contributed by atoms with E-state index in [1.54, 1.807) is 0 Å². The first-order valence-corrected chi connectivity index (χ1v) is 10.6. The number of halogens is 18. The molecule has 4 atom stereocenters. The molecule has 2 aliphatic heterocycles. The van der Waals surface area contributed by atoms with Crippen LogP contribution >= 0.6 is 0 Å². The lowest BCUT2D eigenvalue weighted by molar-refractivity contribution is -0.494. The van der Waals surface area contributed by atoms with Gasteiger partial charge in [0, 0.05) is 0 Å². The van der Waals surface area contributed by atoms with Crippen LogP contribution in [0.5, 0.6) is 0 Å². The van der Waals surface area contributed by atoms with Crippen molar-refractivity contribution in [1.29, 1.82) is 0 Å². The molecule has 244 valence electrons. The van der Waals surface area contributed by atoms with E-state index in [9.17, 15) is 79.0 Å². The molecule has 4 unspecified atom stereocenters. The summed E-state index contributed by atoms with van der Waals surface area (Å²) in [6.45, 7) is -6.55. The minimum absolute atomic E-state index is 0.741.